The summed E-state index contributed by atoms with van der Waals surface area (Å²) in [6.45, 7) is 6.30. The molecule has 0 aromatic heterocycles. The Labute approximate surface area is 480 Å². The summed E-state index contributed by atoms with van der Waals surface area (Å²) in [6, 6.07) is 0. The van der Waals surface area contributed by atoms with Crippen molar-refractivity contribution >= 4 is 17.9 Å². The molecule has 0 bridgehead atoms. The Morgan fingerprint density at radius 2 is 0.526 bits per heavy atom. The van der Waals surface area contributed by atoms with E-state index in [-0.39, 0.29) is 44.0 Å². The Morgan fingerprint density at radius 3 is 0.846 bits per heavy atom. The van der Waals surface area contributed by atoms with Gasteiger partial charge < -0.3 is 14.2 Å². The molecule has 78 heavy (non-hydrogen) atoms. The molecule has 0 aliphatic rings. The fourth-order valence-corrected chi connectivity index (χ4v) is 8.16. The number of ether oxygens (including phenoxy) is 3. The van der Waals surface area contributed by atoms with E-state index in [1.54, 1.807) is 0 Å². The average molecular weight is 1080 g/mol. The summed E-state index contributed by atoms with van der Waals surface area (Å²) in [4.78, 5) is 38.2. The summed E-state index contributed by atoms with van der Waals surface area (Å²) in [5.74, 6) is -1.07. The van der Waals surface area contributed by atoms with Crippen molar-refractivity contribution in [2.24, 2.45) is 0 Å². The van der Waals surface area contributed by atoms with E-state index in [1.165, 1.54) is 96.3 Å². The van der Waals surface area contributed by atoms with Gasteiger partial charge in [-0.3, -0.25) is 14.4 Å². The minimum absolute atomic E-state index is 0.135. The van der Waals surface area contributed by atoms with E-state index in [4.69, 9.17) is 14.2 Å². The van der Waals surface area contributed by atoms with E-state index < -0.39 is 6.10 Å². The number of rotatable bonds is 55. The number of unbranched alkanes of at least 4 members (excludes halogenated alkanes) is 18. The maximum atomic E-state index is 12.9. The molecule has 0 saturated carbocycles. The third kappa shape index (κ3) is 61.9. The monoisotopic (exact) mass is 1070 g/mol. The SMILES string of the molecule is CC/C=C\C/C=C\C/C=C\C/C=C\C/C=C\C/C=C\C/C=C\C/C=C\C/C=C\CCCC(=O)OCC(COC(=O)CC/C=C\C/C=C\C/C=C\C/C=C\CC)OC(=O)CCCCCCCCCCCCCCCCCCCC. The highest BCUT2D eigenvalue weighted by molar-refractivity contribution is 5.71. The predicted molar refractivity (Wildman–Crippen MR) is 338 cm³/mol. The van der Waals surface area contributed by atoms with Gasteiger partial charge in [0, 0.05) is 19.3 Å². The van der Waals surface area contributed by atoms with Gasteiger partial charge in [-0.15, -0.1) is 0 Å². The largest absolute Gasteiger partial charge is 0.462 e. The number of esters is 3. The van der Waals surface area contributed by atoms with Crippen molar-refractivity contribution < 1.29 is 28.6 Å². The van der Waals surface area contributed by atoms with Crippen LogP contribution in [0, 0.1) is 0 Å². The molecule has 0 aromatic rings. The Morgan fingerprint density at radius 1 is 0.269 bits per heavy atom. The average Bonchev–Trinajstić information content (AvgIpc) is 3.44. The molecule has 0 aliphatic heterocycles. The van der Waals surface area contributed by atoms with Gasteiger partial charge in [0.15, 0.2) is 6.10 Å². The molecule has 0 fully saturated rings. The van der Waals surface area contributed by atoms with Gasteiger partial charge in [-0.1, -0.05) is 288 Å². The van der Waals surface area contributed by atoms with Crippen LogP contribution >= 0.6 is 0 Å². The van der Waals surface area contributed by atoms with Gasteiger partial charge in [-0.05, 0) is 109 Å². The second-order valence-corrected chi connectivity index (χ2v) is 20.2. The summed E-state index contributed by atoms with van der Waals surface area (Å²) >= 11 is 0. The van der Waals surface area contributed by atoms with E-state index in [0.29, 0.717) is 19.3 Å². The Balaban J connectivity index is 4.48. The predicted octanol–water partition coefficient (Wildman–Crippen LogP) is 21.7. The highest BCUT2D eigenvalue weighted by Crippen LogP contribution is 2.15. The zero-order chi connectivity index (χ0) is 56.4. The summed E-state index contributed by atoms with van der Waals surface area (Å²) < 4.78 is 16.8. The molecule has 0 aromatic carbocycles. The number of carbonyl (C=O) groups is 3. The van der Waals surface area contributed by atoms with Crippen LogP contribution in [0.1, 0.15) is 258 Å². The molecule has 0 heterocycles. The highest BCUT2D eigenvalue weighted by atomic mass is 16.6. The summed E-state index contributed by atoms with van der Waals surface area (Å²) in [5, 5.41) is 0. The molecular weight excluding hydrogens is 961 g/mol. The van der Waals surface area contributed by atoms with Crippen LogP contribution in [0.25, 0.3) is 0 Å². The van der Waals surface area contributed by atoms with Gasteiger partial charge in [0.1, 0.15) is 13.2 Å². The van der Waals surface area contributed by atoms with Crippen molar-refractivity contribution in [3.63, 3.8) is 0 Å². The van der Waals surface area contributed by atoms with Crippen LogP contribution in [0.2, 0.25) is 0 Å². The minimum atomic E-state index is -0.837. The van der Waals surface area contributed by atoms with Gasteiger partial charge in [0.05, 0.1) is 0 Å². The molecule has 0 amide bonds. The lowest BCUT2D eigenvalue weighted by atomic mass is 10.0. The molecular formula is C72H114O6. The fourth-order valence-electron chi connectivity index (χ4n) is 8.16. The van der Waals surface area contributed by atoms with Crippen LogP contribution in [-0.4, -0.2) is 37.2 Å². The van der Waals surface area contributed by atoms with E-state index in [0.717, 1.165) is 109 Å². The molecule has 0 spiro atoms. The van der Waals surface area contributed by atoms with Crippen molar-refractivity contribution in [3.05, 3.63) is 158 Å². The second kappa shape index (κ2) is 64.6. The molecule has 1 atom stereocenters. The summed E-state index contributed by atoms with van der Waals surface area (Å²) in [7, 11) is 0. The molecule has 438 valence electrons. The maximum Gasteiger partial charge on any atom is 0.306 e. The van der Waals surface area contributed by atoms with Crippen LogP contribution in [0.15, 0.2) is 158 Å². The topological polar surface area (TPSA) is 78.9 Å². The van der Waals surface area contributed by atoms with Crippen molar-refractivity contribution in [1.29, 1.82) is 0 Å². The van der Waals surface area contributed by atoms with Crippen LogP contribution in [0.3, 0.4) is 0 Å². The Hall–Kier alpha value is -4.97. The maximum absolute atomic E-state index is 12.9. The van der Waals surface area contributed by atoms with Crippen molar-refractivity contribution in [1.82, 2.24) is 0 Å². The first kappa shape index (κ1) is 73.0. The van der Waals surface area contributed by atoms with Crippen LogP contribution in [0.5, 0.6) is 0 Å². The normalized spacial score (nSPS) is 13.2. The molecule has 0 rings (SSSR count). The molecule has 0 aliphatic carbocycles. The summed E-state index contributed by atoms with van der Waals surface area (Å²) in [6.07, 6.45) is 94.1. The van der Waals surface area contributed by atoms with Crippen LogP contribution in [-0.2, 0) is 28.6 Å². The van der Waals surface area contributed by atoms with Gasteiger partial charge in [-0.25, -0.2) is 0 Å². The number of hydrogen-bond acceptors (Lipinski definition) is 6. The lowest BCUT2D eigenvalue weighted by molar-refractivity contribution is -0.166. The third-order valence-electron chi connectivity index (χ3n) is 12.8. The van der Waals surface area contributed by atoms with Crippen molar-refractivity contribution in [3.8, 4) is 0 Å². The van der Waals surface area contributed by atoms with E-state index in [9.17, 15) is 14.4 Å². The first-order chi connectivity index (χ1) is 38.5. The Bertz CT molecular complexity index is 1760. The highest BCUT2D eigenvalue weighted by Gasteiger charge is 2.19. The Kier molecular flexibility index (Phi) is 60.4. The zero-order valence-electron chi connectivity index (χ0n) is 50.1. The van der Waals surface area contributed by atoms with Gasteiger partial charge in [0.2, 0.25) is 0 Å². The van der Waals surface area contributed by atoms with Gasteiger partial charge in [-0.2, -0.15) is 0 Å². The lowest BCUT2D eigenvalue weighted by Gasteiger charge is -2.18. The quantitative estimate of drug-likeness (QED) is 0.0261. The van der Waals surface area contributed by atoms with Crippen molar-refractivity contribution in [2.45, 2.75) is 264 Å². The number of carbonyl (C=O) groups excluding carboxylic acids is 3. The van der Waals surface area contributed by atoms with E-state index in [2.05, 4.69) is 167 Å². The zero-order valence-corrected chi connectivity index (χ0v) is 50.1. The van der Waals surface area contributed by atoms with Crippen molar-refractivity contribution in [2.75, 3.05) is 13.2 Å². The molecule has 6 heteroatoms. The second-order valence-electron chi connectivity index (χ2n) is 20.2. The smallest absolute Gasteiger partial charge is 0.306 e. The molecule has 0 N–H and O–H groups in total. The van der Waals surface area contributed by atoms with E-state index >= 15 is 0 Å². The van der Waals surface area contributed by atoms with Gasteiger partial charge >= 0.3 is 17.9 Å². The first-order valence-corrected chi connectivity index (χ1v) is 31.5. The fraction of sp³-hybridized carbons (Fsp3) is 0.597. The first-order valence-electron chi connectivity index (χ1n) is 31.5. The molecule has 1 unspecified atom stereocenters. The molecule has 6 nitrogen and oxygen atoms in total. The standard InChI is InChI=1S/C72H114O6/c1-4-7-10-13-16-19-22-25-27-29-31-32-33-34-35-36-37-38-39-40-41-43-44-47-50-53-56-59-62-65-71(74)77-68-69(67-76-70(73)64-61-58-55-52-49-46-24-21-18-15-12-9-6-3)78-72(75)66-63-60-57-54-51-48-45-42-30-28-26-23-20-17-14-11-8-5-2/h7,9-10,12,16,18-19,21,25,27,31-32,34-35,37-38,40-41,44,46-47,49,53,55-56,58,69H,4-6,8,11,13-15,17,20,22-24,26,28-30,33,36,39,42-43,45,48,50-52,54,57,59-68H2,1-3H3/b10-7-,12-9-,19-16-,21-18-,27-25-,32-31-,35-34-,38-37-,41-40-,47-44-,49-46-,56-53-,58-55-. The van der Waals surface area contributed by atoms with Crippen LogP contribution < -0.4 is 0 Å². The van der Waals surface area contributed by atoms with Crippen LogP contribution in [0.4, 0.5) is 0 Å². The number of allylic oxidation sites excluding steroid dienone is 26. The molecule has 0 radical (unpaired) electrons. The van der Waals surface area contributed by atoms with Gasteiger partial charge in [0.25, 0.3) is 0 Å². The minimum Gasteiger partial charge on any atom is -0.462 e. The summed E-state index contributed by atoms with van der Waals surface area (Å²) in [5.41, 5.74) is 0. The van der Waals surface area contributed by atoms with E-state index in [1.807, 2.05) is 12.2 Å². The third-order valence-corrected chi connectivity index (χ3v) is 12.8. The number of hydrogen-bond donors (Lipinski definition) is 0. The molecule has 0 saturated heterocycles. The lowest BCUT2D eigenvalue weighted by Crippen LogP contribution is -2.30.